The molecule has 0 amide bonds. The zero-order valence-corrected chi connectivity index (χ0v) is 17.3. The van der Waals surface area contributed by atoms with Crippen molar-refractivity contribution in [2.75, 3.05) is 13.7 Å². The Morgan fingerprint density at radius 3 is 2.87 bits per heavy atom. The minimum Gasteiger partial charge on any atom is -0.496 e. The van der Waals surface area contributed by atoms with Crippen molar-refractivity contribution >= 4 is 21.9 Å². The van der Waals surface area contributed by atoms with Gasteiger partial charge >= 0.3 is 0 Å². The number of rotatable bonds is 4. The van der Waals surface area contributed by atoms with Gasteiger partial charge in [0, 0.05) is 28.7 Å². The predicted octanol–water partition coefficient (Wildman–Crippen LogP) is 4.20. The molecule has 0 aliphatic carbocycles. The van der Waals surface area contributed by atoms with Gasteiger partial charge in [-0.25, -0.2) is 4.68 Å². The van der Waals surface area contributed by atoms with E-state index in [0.29, 0.717) is 6.54 Å². The van der Waals surface area contributed by atoms with Crippen LogP contribution in [-0.2, 0) is 13.0 Å². The Hall–Kier alpha value is -3.64. The van der Waals surface area contributed by atoms with Gasteiger partial charge in [0.2, 0.25) is 0 Å². The summed E-state index contributed by atoms with van der Waals surface area (Å²) in [6, 6.07) is 23.1. The van der Waals surface area contributed by atoms with Gasteiger partial charge in [-0.3, -0.25) is 0 Å². The molecule has 31 heavy (non-hydrogen) atoms. The zero-order chi connectivity index (χ0) is 20.8. The average Bonchev–Trinajstić information content (AvgIpc) is 3.40. The van der Waals surface area contributed by atoms with E-state index in [1.165, 1.54) is 27.7 Å². The second-order valence-electron chi connectivity index (χ2n) is 8.01. The van der Waals surface area contributed by atoms with Crippen LogP contribution in [0.4, 0.5) is 0 Å². The van der Waals surface area contributed by atoms with E-state index in [1.807, 2.05) is 28.9 Å². The van der Waals surface area contributed by atoms with Crippen LogP contribution in [0, 0.1) is 0 Å². The minimum atomic E-state index is 0.119. The highest BCUT2D eigenvalue weighted by atomic mass is 16.5. The summed E-state index contributed by atoms with van der Waals surface area (Å²) >= 11 is 0. The van der Waals surface area contributed by atoms with E-state index in [-0.39, 0.29) is 6.04 Å². The fourth-order valence-electron chi connectivity index (χ4n) is 4.76. The Balaban J connectivity index is 1.42. The number of hydrogen-bond donors (Lipinski definition) is 2. The van der Waals surface area contributed by atoms with Crippen molar-refractivity contribution in [2.45, 2.75) is 19.0 Å². The largest absolute Gasteiger partial charge is 0.496 e. The van der Waals surface area contributed by atoms with E-state index < -0.39 is 0 Å². The Labute approximate surface area is 179 Å². The van der Waals surface area contributed by atoms with Crippen molar-refractivity contribution in [3.8, 4) is 5.75 Å². The van der Waals surface area contributed by atoms with Gasteiger partial charge in [0.05, 0.1) is 25.2 Å². The van der Waals surface area contributed by atoms with Crippen LogP contribution in [0.3, 0.4) is 0 Å². The highest BCUT2D eigenvalue weighted by molar-refractivity contribution is 5.85. The van der Waals surface area contributed by atoms with Crippen molar-refractivity contribution < 1.29 is 4.74 Å². The minimum absolute atomic E-state index is 0.119. The topological polar surface area (TPSA) is 67.8 Å². The van der Waals surface area contributed by atoms with Crippen molar-refractivity contribution in [2.24, 2.45) is 0 Å². The van der Waals surface area contributed by atoms with Gasteiger partial charge in [-0.2, -0.15) is 0 Å². The summed E-state index contributed by atoms with van der Waals surface area (Å²) in [6.45, 7) is 1.55. The normalized spacial score (nSPS) is 16.0. The Morgan fingerprint density at radius 2 is 1.94 bits per heavy atom. The van der Waals surface area contributed by atoms with Crippen molar-refractivity contribution in [3.05, 3.63) is 89.1 Å². The Bertz CT molecular complexity index is 1400. The first-order chi connectivity index (χ1) is 15.3. The molecule has 1 atom stereocenters. The van der Waals surface area contributed by atoms with Gasteiger partial charge in [0.1, 0.15) is 11.3 Å². The van der Waals surface area contributed by atoms with Crippen LogP contribution in [0.5, 0.6) is 5.75 Å². The Morgan fingerprint density at radius 1 is 1.06 bits per heavy atom. The third kappa shape index (κ3) is 2.99. The number of aromatic nitrogens is 4. The molecule has 1 aliphatic rings. The van der Waals surface area contributed by atoms with Crippen LogP contribution < -0.4 is 10.1 Å². The third-order valence-electron chi connectivity index (χ3n) is 6.24. The number of fused-ring (bicyclic) bond motifs is 4. The van der Waals surface area contributed by atoms with Gasteiger partial charge in [0.25, 0.3) is 0 Å². The summed E-state index contributed by atoms with van der Waals surface area (Å²) in [5.74, 6) is 0.857. The molecule has 0 fully saturated rings. The lowest BCUT2D eigenvalue weighted by atomic mass is 9.93. The maximum Gasteiger partial charge on any atom is 0.123 e. The van der Waals surface area contributed by atoms with E-state index in [2.05, 4.69) is 63.1 Å². The number of para-hydroxylation sites is 2. The number of ether oxygens (including phenoxy) is 1. The summed E-state index contributed by atoms with van der Waals surface area (Å²) in [5, 5.41) is 13.7. The molecule has 3 aromatic carbocycles. The number of methoxy groups -OCH3 is 1. The van der Waals surface area contributed by atoms with Crippen LogP contribution in [0.25, 0.3) is 21.9 Å². The summed E-state index contributed by atoms with van der Waals surface area (Å²) in [5.41, 5.74) is 8.09. The molecule has 0 radical (unpaired) electrons. The molecule has 5 aromatic rings. The quantitative estimate of drug-likeness (QED) is 0.467. The van der Waals surface area contributed by atoms with E-state index in [0.717, 1.165) is 35.3 Å². The van der Waals surface area contributed by atoms with Gasteiger partial charge < -0.3 is 15.0 Å². The second-order valence-corrected chi connectivity index (χ2v) is 8.01. The fraction of sp³-hybridized carbons (Fsp3) is 0.200. The second kappa shape index (κ2) is 7.25. The van der Waals surface area contributed by atoms with Gasteiger partial charge in [-0.05, 0) is 47.9 Å². The summed E-state index contributed by atoms with van der Waals surface area (Å²) in [4.78, 5) is 3.66. The maximum absolute atomic E-state index is 5.68. The zero-order valence-electron chi connectivity index (χ0n) is 17.3. The molecular formula is C25H23N5O. The van der Waals surface area contributed by atoms with Crippen LogP contribution in [0.2, 0.25) is 0 Å². The monoisotopic (exact) mass is 409 g/mol. The highest BCUT2D eigenvalue weighted by Gasteiger charge is 2.25. The van der Waals surface area contributed by atoms with Crippen LogP contribution in [0.1, 0.15) is 28.4 Å². The molecule has 3 heterocycles. The van der Waals surface area contributed by atoms with Crippen molar-refractivity contribution in [1.29, 1.82) is 0 Å². The van der Waals surface area contributed by atoms with Crippen LogP contribution >= 0.6 is 0 Å². The lowest BCUT2D eigenvalue weighted by Crippen LogP contribution is -2.30. The third-order valence-corrected chi connectivity index (χ3v) is 6.24. The van der Waals surface area contributed by atoms with Gasteiger partial charge in [0.15, 0.2) is 0 Å². The smallest absolute Gasteiger partial charge is 0.123 e. The number of nitrogens with zero attached hydrogens (tertiary/aromatic N) is 3. The average molecular weight is 409 g/mol. The number of benzene rings is 3. The molecule has 154 valence electrons. The Kier molecular flexibility index (Phi) is 4.25. The SMILES string of the molecule is COc1ccc([C@H]2NCCc3c2[nH]c2ccccc32)cc1Cn1nnc2ccccc21. The molecule has 6 nitrogen and oxygen atoms in total. The van der Waals surface area contributed by atoms with E-state index in [9.17, 15) is 0 Å². The molecular weight excluding hydrogens is 386 g/mol. The highest BCUT2D eigenvalue weighted by Crippen LogP contribution is 2.35. The molecule has 0 bridgehead atoms. The van der Waals surface area contributed by atoms with E-state index in [4.69, 9.17) is 4.74 Å². The number of H-pyrrole nitrogens is 1. The summed E-state index contributed by atoms with van der Waals surface area (Å²) < 4.78 is 7.61. The molecule has 0 saturated carbocycles. The first-order valence-corrected chi connectivity index (χ1v) is 10.6. The lowest BCUT2D eigenvalue weighted by molar-refractivity contribution is 0.407. The maximum atomic E-state index is 5.68. The molecule has 0 saturated heterocycles. The van der Waals surface area contributed by atoms with Crippen LogP contribution in [-0.4, -0.2) is 33.6 Å². The number of nitrogens with one attached hydrogen (secondary N) is 2. The van der Waals surface area contributed by atoms with Crippen molar-refractivity contribution in [3.63, 3.8) is 0 Å². The van der Waals surface area contributed by atoms with Gasteiger partial charge in [-0.15, -0.1) is 5.10 Å². The molecule has 0 spiro atoms. The van der Waals surface area contributed by atoms with Crippen LogP contribution in [0.15, 0.2) is 66.7 Å². The first-order valence-electron chi connectivity index (χ1n) is 10.6. The molecule has 1 aliphatic heterocycles. The standard InChI is InChI=1S/C25H23N5O/c1-31-23-11-10-16(14-17(23)15-30-22-9-5-4-8-21(22)28-29-30)24-25-19(12-13-26-24)18-6-2-3-7-20(18)27-25/h2-11,14,24,26-27H,12-13,15H2,1H3/t24-/m1/s1. The molecule has 6 rings (SSSR count). The molecule has 2 N–H and O–H groups in total. The first kappa shape index (κ1) is 18.2. The summed E-state index contributed by atoms with van der Waals surface area (Å²) in [7, 11) is 1.71. The molecule has 0 unspecified atom stereocenters. The van der Waals surface area contributed by atoms with E-state index >= 15 is 0 Å². The fourth-order valence-corrected chi connectivity index (χ4v) is 4.76. The van der Waals surface area contributed by atoms with Crippen molar-refractivity contribution in [1.82, 2.24) is 25.3 Å². The predicted molar refractivity (Wildman–Crippen MR) is 121 cm³/mol. The molecule has 6 heteroatoms. The summed E-state index contributed by atoms with van der Waals surface area (Å²) in [6.07, 6.45) is 1.03. The lowest BCUT2D eigenvalue weighted by Gasteiger charge is -2.25. The number of aromatic amines is 1. The van der Waals surface area contributed by atoms with E-state index in [1.54, 1.807) is 7.11 Å². The molecule has 2 aromatic heterocycles. The number of hydrogen-bond acceptors (Lipinski definition) is 4. The van der Waals surface area contributed by atoms with Gasteiger partial charge in [-0.1, -0.05) is 41.6 Å².